The summed E-state index contributed by atoms with van der Waals surface area (Å²) in [7, 11) is 1.94. The van der Waals surface area contributed by atoms with Gasteiger partial charge in [0.05, 0.1) is 0 Å². The molecule has 0 radical (unpaired) electrons. The van der Waals surface area contributed by atoms with E-state index < -0.39 is 0 Å². The summed E-state index contributed by atoms with van der Waals surface area (Å²) in [4.78, 5) is 8.87. The van der Waals surface area contributed by atoms with E-state index in [4.69, 9.17) is 0 Å². The maximum atomic E-state index is 4.50. The summed E-state index contributed by atoms with van der Waals surface area (Å²) in [5, 5.41) is 3.11. The lowest BCUT2D eigenvalue weighted by Gasteiger charge is -2.05. The third kappa shape index (κ3) is 1.86. The van der Waals surface area contributed by atoms with Gasteiger partial charge < -0.3 is 5.32 Å². The first-order valence-corrected chi connectivity index (χ1v) is 4.78. The molecule has 1 saturated carbocycles. The second-order valence-corrected chi connectivity index (χ2v) is 3.64. The Kier molecular flexibility index (Phi) is 2.27. The highest BCUT2D eigenvalue weighted by Crippen LogP contribution is 2.37. The SMILES string of the molecule is CNCc1cnc(C2CC2)nc1C. The fourth-order valence-corrected chi connectivity index (χ4v) is 1.41. The molecule has 1 aromatic rings. The van der Waals surface area contributed by atoms with Crippen LogP contribution in [0, 0.1) is 6.92 Å². The predicted octanol–water partition coefficient (Wildman–Crippen LogP) is 1.38. The standard InChI is InChI=1S/C10H15N3/c1-7-9(5-11-2)6-12-10(13-7)8-3-4-8/h6,8,11H,3-5H2,1-2H3. The summed E-state index contributed by atoms with van der Waals surface area (Å²) < 4.78 is 0. The highest BCUT2D eigenvalue weighted by atomic mass is 14.9. The van der Waals surface area contributed by atoms with Crippen molar-refractivity contribution in [1.82, 2.24) is 15.3 Å². The minimum Gasteiger partial charge on any atom is -0.316 e. The molecule has 0 aromatic carbocycles. The van der Waals surface area contributed by atoms with Gasteiger partial charge in [-0.25, -0.2) is 9.97 Å². The van der Waals surface area contributed by atoms with E-state index in [1.807, 2.05) is 13.2 Å². The molecule has 1 aromatic heterocycles. The molecule has 3 heteroatoms. The monoisotopic (exact) mass is 177 g/mol. The molecule has 0 bridgehead atoms. The summed E-state index contributed by atoms with van der Waals surface area (Å²) in [5.41, 5.74) is 2.32. The van der Waals surface area contributed by atoms with E-state index in [1.165, 1.54) is 18.4 Å². The molecule has 1 fully saturated rings. The highest BCUT2D eigenvalue weighted by molar-refractivity contribution is 5.18. The molecule has 0 atom stereocenters. The largest absolute Gasteiger partial charge is 0.316 e. The zero-order chi connectivity index (χ0) is 9.26. The van der Waals surface area contributed by atoms with E-state index in [-0.39, 0.29) is 0 Å². The van der Waals surface area contributed by atoms with Crippen molar-refractivity contribution in [2.24, 2.45) is 0 Å². The van der Waals surface area contributed by atoms with Gasteiger partial charge in [0.15, 0.2) is 0 Å². The summed E-state index contributed by atoms with van der Waals surface area (Å²) >= 11 is 0. The van der Waals surface area contributed by atoms with Crippen molar-refractivity contribution in [2.75, 3.05) is 7.05 Å². The molecule has 1 heterocycles. The van der Waals surface area contributed by atoms with Crippen LogP contribution in [0.1, 0.15) is 35.8 Å². The predicted molar refractivity (Wildman–Crippen MR) is 51.5 cm³/mol. The van der Waals surface area contributed by atoms with Gasteiger partial charge >= 0.3 is 0 Å². The lowest BCUT2D eigenvalue weighted by Crippen LogP contribution is -2.09. The van der Waals surface area contributed by atoms with Crippen molar-refractivity contribution in [2.45, 2.75) is 32.2 Å². The maximum Gasteiger partial charge on any atom is 0.131 e. The number of aryl methyl sites for hydroxylation is 1. The molecule has 0 amide bonds. The molecule has 0 unspecified atom stereocenters. The molecule has 3 nitrogen and oxygen atoms in total. The zero-order valence-electron chi connectivity index (χ0n) is 8.17. The van der Waals surface area contributed by atoms with Crippen LogP contribution >= 0.6 is 0 Å². The first-order valence-electron chi connectivity index (χ1n) is 4.78. The molecule has 0 saturated heterocycles. The van der Waals surface area contributed by atoms with Crippen LogP contribution in [0.15, 0.2) is 6.20 Å². The Morgan fingerprint density at radius 1 is 1.54 bits per heavy atom. The second-order valence-electron chi connectivity index (χ2n) is 3.64. The van der Waals surface area contributed by atoms with Crippen molar-refractivity contribution in [1.29, 1.82) is 0 Å². The molecular weight excluding hydrogens is 162 g/mol. The molecule has 70 valence electrons. The topological polar surface area (TPSA) is 37.8 Å². The van der Waals surface area contributed by atoms with Crippen LogP contribution in [-0.4, -0.2) is 17.0 Å². The molecule has 1 aliphatic rings. The van der Waals surface area contributed by atoms with Crippen molar-refractivity contribution in [3.05, 3.63) is 23.3 Å². The van der Waals surface area contributed by atoms with Gasteiger partial charge in [-0.15, -0.1) is 0 Å². The van der Waals surface area contributed by atoms with E-state index >= 15 is 0 Å². The van der Waals surface area contributed by atoms with Gasteiger partial charge in [0.25, 0.3) is 0 Å². The lowest BCUT2D eigenvalue weighted by molar-refractivity contribution is 0.782. The number of aromatic nitrogens is 2. The van der Waals surface area contributed by atoms with Crippen LogP contribution in [0.3, 0.4) is 0 Å². The summed E-state index contributed by atoms with van der Waals surface area (Å²) in [6, 6.07) is 0. The Morgan fingerprint density at radius 2 is 2.31 bits per heavy atom. The first kappa shape index (κ1) is 8.63. The average Bonchev–Trinajstić information content (AvgIpc) is 2.91. The minimum atomic E-state index is 0.655. The number of rotatable bonds is 3. The summed E-state index contributed by atoms with van der Waals surface area (Å²) in [6.07, 6.45) is 4.49. The molecule has 13 heavy (non-hydrogen) atoms. The van der Waals surface area contributed by atoms with Crippen LogP contribution in [0.25, 0.3) is 0 Å². The maximum absolute atomic E-state index is 4.50. The van der Waals surface area contributed by atoms with Crippen molar-refractivity contribution < 1.29 is 0 Å². The van der Waals surface area contributed by atoms with Gasteiger partial charge in [-0.05, 0) is 26.8 Å². The Labute approximate surface area is 78.6 Å². The molecule has 0 spiro atoms. The van der Waals surface area contributed by atoms with Gasteiger partial charge in [0, 0.05) is 29.9 Å². The normalized spacial score (nSPS) is 16.2. The molecule has 0 aliphatic heterocycles. The molecule has 2 rings (SSSR count). The van der Waals surface area contributed by atoms with Gasteiger partial charge in [-0.3, -0.25) is 0 Å². The van der Waals surface area contributed by atoms with Gasteiger partial charge in [0.2, 0.25) is 0 Å². The van der Waals surface area contributed by atoms with E-state index in [2.05, 4.69) is 22.2 Å². The Balaban J connectivity index is 2.21. The van der Waals surface area contributed by atoms with Crippen molar-refractivity contribution in [3.63, 3.8) is 0 Å². The Hall–Kier alpha value is -0.960. The van der Waals surface area contributed by atoms with Crippen molar-refractivity contribution in [3.8, 4) is 0 Å². The lowest BCUT2D eigenvalue weighted by atomic mass is 10.2. The quantitative estimate of drug-likeness (QED) is 0.758. The van der Waals surface area contributed by atoms with E-state index in [9.17, 15) is 0 Å². The third-order valence-corrected chi connectivity index (χ3v) is 2.41. The first-order chi connectivity index (χ1) is 6.31. The second kappa shape index (κ2) is 3.42. The molecular formula is C10H15N3. The van der Waals surface area contributed by atoms with E-state index in [0.29, 0.717) is 5.92 Å². The van der Waals surface area contributed by atoms with Crippen LogP contribution in [0.4, 0.5) is 0 Å². The third-order valence-electron chi connectivity index (χ3n) is 2.41. The van der Waals surface area contributed by atoms with E-state index in [0.717, 1.165) is 18.1 Å². The van der Waals surface area contributed by atoms with Crippen LogP contribution < -0.4 is 5.32 Å². The number of hydrogen-bond donors (Lipinski definition) is 1. The fourth-order valence-electron chi connectivity index (χ4n) is 1.41. The summed E-state index contributed by atoms with van der Waals surface area (Å²) in [5.74, 6) is 1.69. The van der Waals surface area contributed by atoms with Gasteiger partial charge in [-0.1, -0.05) is 0 Å². The summed E-state index contributed by atoms with van der Waals surface area (Å²) in [6.45, 7) is 2.91. The Bertz CT molecular complexity index is 305. The average molecular weight is 177 g/mol. The minimum absolute atomic E-state index is 0.655. The molecule has 1 aliphatic carbocycles. The number of nitrogens with zero attached hydrogens (tertiary/aromatic N) is 2. The smallest absolute Gasteiger partial charge is 0.131 e. The Morgan fingerprint density at radius 3 is 2.85 bits per heavy atom. The number of hydrogen-bond acceptors (Lipinski definition) is 3. The number of nitrogens with one attached hydrogen (secondary N) is 1. The van der Waals surface area contributed by atoms with Crippen molar-refractivity contribution >= 4 is 0 Å². The van der Waals surface area contributed by atoms with Crippen LogP contribution in [0.5, 0.6) is 0 Å². The molecule has 1 N–H and O–H groups in total. The zero-order valence-corrected chi connectivity index (χ0v) is 8.17. The van der Waals surface area contributed by atoms with Crippen LogP contribution in [0.2, 0.25) is 0 Å². The van der Waals surface area contributed by atoms with Gasteiger partial charge in [0.1, 0.15) is 5.82 Å². The van der Waals surface area contributed by atoms with Gasteiger partial charge in [-0.2, -0.15) is 0 Å². The van der Waals surface area contributed by atoms with E-state index in [1.54, 1.807) is 0 Å². The fraction of sp³-hybridized carbons (Fsp3) is 0.600. The van der Waals surface area contributed by atoms with Crippen LogP contribution in [-0.2, 0) is 6.54 Å². The highest BCUT2D eigenvalue weighted by Gasteiger charge is 2.26.